The first-order valence-corrected chi connectivity index (χ1v) is 13.1. The van der Waals surface area contributed by atoms with Crippen molar-refractivity contribution in [1.29, 1.82) is 0 Å². The van der Waals surface area contributed by atoms with Crippen molar-refractivity contribution >= 4 is 27.5 Å². The monoisotopic (exact) mass is 448 g/mol. The lowest BCUT2D eigenvalue weighted by atomic mass is 9.99. The van der Waals surface area contributed by atoms with Gasteiger partial charge >= 0.3 is 0 Å². The maximum absolute atomic E-state index is 12.8. The molecule has 4 rings (SSSR count). The molecule has 1 aromatic carbocycles. The highest BCUT2D eigenvalue weighted by Crippen LogP contribution is 2.30. The average Bonchev–Trinajstić information content (AvgIpc) is 3.29. The molecule has 0 saturated carbocycles. The topological polar surface area (TPSA) is 90.0 Å². The van der Waals surface area contributed by atoms with Crippen molar-refractivity contribution in [3.8, 4) is 0 Å². The highest BCUT2D eigenvalue weighted by molar-refractivity contribution is 7.92. The van der Waals surface area contributed by atoms with Gasteiger partial charge in [-0.25, -0.2) is 8.42 Å². The van der Waals surface area contributed by atoms with E-state index in [9.17, 15) is 18.0 Å². The number of sulfonamides is 1. The highest BCUT2D eigenvalue weighted by Gasteiger charge is 2.27. The molecular weight excluding hydrogens is 416 g/mol. The van der Waals surface area contributed by atoms with Crippen molar-refractivity contribution in [2.45, 2.75) is 44.6 Å². The van der Waals surface area contributed by atoms with Gasteiger partial charge in [0, 0.05) is 44.3 Å². The van der Waals surface area contributed by atoms with Crippen molar-refractivity contribution in [2.75, 3.05) is 49.8 Å². The molecule has 31 heavy (non-hydrogen) atoms. The van der Waals surface area contributed by atoms with Crippen LogP contribution in [0.4, 0.5) is 5.69 Å². The Balaban J connectivity index is 1.31. The van der Waals surface area contributed by atoms with E-state index >= 15 is 0 Å². The molecule has 170 valence electrons. The fourth-order valence-electron chi connectivity index (χ4n) is 4.81. The van der Waals surface area contributed by atoms with E-state index in [1.165, 1.54) is 10.6 Å². The Bertz CT molecular complexity index is 935. The number of hydrogen-bond donors (Lipinski definition) is 1. The fourth-order valence-corrected chi connectivity index (χ4v) is 5.81. The second-order valence-corrected chi connectivity index (χ2v) is 10.8. The maximum atomic E-state index is 12.8. The minimum atomic E-state index is -3.31. The molecule has 3 aliphatic rings. The van der Waals surface area contributed by atoms with E-state index in [0.717, 1.165) is 70.3 Å². The Morgan fingerprint density at radius 1 is 1.03 bits per heavy atom. The number of nitrogens with one attached hydrogen (secondary N) is 1. The Labute approximate surface area is 184 Å². The van der Waals surface area contributed by atoms with Gasteiger partial charge in [0.05, 0.1) is 18.5 Å². The van der Waals surface area contributed by atoms with Gasteiger partial charge in [0.25, 0.3) is 5.91 Å². The number of nitrogens with zero attached hydrogens (tertiary/aromatic N) is 3. The zero-order valence-corrected chi connectivity index (χ0v) is 19.0. The Morgan fingerprint density at radius 3 is 2.42 bits per heavy atom. The molecule has 9 heteroatoms. The smallest absolute Gasteiger partial charge is 0.251 e. The number of piperidine rings is 1. The molecule has 8 nitrogen and oxygen atoms in total. The number of rotatable bonds is 5. The Kier molecular flexibility index (Phi) is 6.52. The molecule has 0 bridgehead atoms. The summed E-state index contributed by atoms with van der Waals surface area (Å²) in [4.78, 5) is 29.3. The minimum absolute atomic E-state index is 0.0918. The van der Waals surface area contributed by atoms with Crippen LogP contribution >= 0.6 is 0 Å². The average molecular weight is 449 g/mol. The lowest BCUT2D eigenvalue weighted by Gasteiger charge is -2.33. The van der Waals surface area contributed by atoms with E-state index < -0.39 is 10.0 Å². The molecule has 0 radical (unpaired) electrons. The van der Waals surface area contributed by atoms with E-state index in [0.29, 0.717) is 24.3 Å². The van der Waals surface area contributed by atoms with E-state index in [4.69, 9.17) is 0 Å². The van der Waals surface area contributed by atoms with Crippen molar-refractivity contribution < 1.29 is 18.0 Å². The number of likely N-dealkylation sites (tertiary alicyclic amines) is 2. The van der Waals surface area contributed by atoms with Gasteiger partial charge in [-0.05, 0) is 62.3 Å². The summed E-state index contributed by atoms with van der Waals surface area (Å²) in [7, 11) is -3.31. The van der Waals surface area contributed by atoms with Gasteiger partial charge in [-0.15, -0.1) is 0 Å². The summed E-state index contributed by atoms with van der Waals surface area (Å²) in [5, 5.41) is 3.12. The third-order valence-electron chi connectivity index (χ3n) is 6.56. The Morgan fingerprint density at radius 2 is 1.74 bits per heavy atom. The van der Waals surface area contributed by atoms with Crippen LogP contribution in [0.15, 0.2) is 18.2 Å². The number of hydrogen-bond acceptors (Lipinski definition) is 5. The summed E-state index contributed by atoms with van der Waals surface area (Å²) < 4.78 is 25.5. The molecule has 3 heterocycles. The van der Waals surface area contributed by atoms with Crippen LogP contribution in [0.5, 0.6) is 0 Å². The van der Waals surface area contributed by atoms with E-state index in [2.05, 4.69) is 10.2 Å². The SMILES string of the molecule is CS(=O)(=O)N1CCCc2cc(C(=O)NC3CCN(CC(=O)N4CCCC4)CC3)ccc21. The summed E-state index contributed by atoms with van der Waals surface area (Å²) in [6.07, 6.45) is 6.60. The predicted molar refractivity (Wildman–Crippen MR) is 120 cm³/mol. The third-order valence-corrected chi connectivity index (χ3v) is 7.74. The van der Waals surface area contributed by atoms with Crippen LogP contribution in [0.1, 0.15) is 48.0 Å². The second-order valence-electron chi connectivity index (χ2n) is 8.89. The number of carbonyl (C=O) groups excluding carboxylic acids is 2. The van der Waals surface area contributed by atoms with Gasteiger partial charge in [-0.2, -0.15) is 0 Å². The number of carbonyl (C=O) groups is 2. The third kappa shape index (κ3) is 5.20. The van der Waals surface area contributed by atoms with Crippen LogP contribution in [0, 0.1) is 0 Å². The molecule has 0 aliphatic carbocycles. The number of amides is 2. The molecule has 0 atom stereocenters. The standard InChI is InChI=1S/C22H32N4O4S/c1-31(29,30)26-12-4-5-17-15-18(6-7-20(17)26)22(28)23-19-8-13-24(14-9-19)16-21(27)25-10-2-3-11-25/h6-7,15,19H,2-5,8-14,16H2,1H3,(H,23,28). The van der Waals surface area contributed by atoms with Gasteiger partial charge in [-0.1, -0.05) is 0 Å². The van der Waals surface area contributed by atoms with Gasteiger partial charge in [0.2, 0.25) is 15.9 Å². The first-order valence-electron chi connectivity index (χ1n) is 11.2. The first kappa shape index (κ1) is 22.1. The summed E-state index contributed by atoms with van der Waals surface area (Å²) in [6.45, 7) is 4.33. The highest BCUT2D eigenvalue weighted by atomic mass is 32.2. The number of anilines is 1. The Hall–Kier alpha value is -2.13. The molecule has 2 saturated heterocycles. The molecule has 1 aromatic rings. The minimum Gasteiger partial charge on any atom is -0.349 e. The number of aryl methyl sites for hydroxylation is 1. The largest absolute Gasteiger partial charge is 0.349 e. The van der Waals surface area contributed by atoms with Crippen molar-refractivity contribution in [2.24, 2.45) is 0 Å². The normalized spacial score (nSPS) is 20.5. The first-order chi connectivity index (χ1) is 14.8. The van der Waals surface area contributed by atoms with Crippen LogP contribution in [0.2, 0.25) is 0 Å². The molecule has 0 unspecified atom stereocenters. The van der Waals surface area contributed by atoms with Gasteiger partial charge in [-0.3, -0.25) is 18.8 Å². The molecule has 0 spiro atoms. The molecule has 2 amide bonds. The van der Waals surface area contributed by atoms with Crippen molar-refractivity contribution in [3.05, 3.63) is 29.3 Å². The molecule has 2 fully saturated rings. The second kappa shape index (κ2) is 9.16. The quantitative estimate of drug-likeness (QED) is 0.732. The van der Waals surface area contributed by atoms with Gasteiger partial charge in [0.15, 0.2) is 0 Å². The summed E-state index contributed by atoms with van der Waals surface area (Å²) in [5.41, 5.74) is 2.15. The summed E-state index contributed by atoms with van der Waals surface area (Å²) in [6, 6.07) is 5.37. The number of benzene rings is 1. The van der Waals surface area contributed by atoms with Gasteiger partial charge < -0.3 is 10.2 Å². The summed E-state index contributed by atoms with van der Waals surface area (Å²) >= 11 is 0. The van der Waals surface area contributed by atoms with E-state index in [1.54, 1.807) is 12.1 Å². The van der Waals surface area contributed by atoms with E-state index in [-0.39, 0.29) is 17.9 Å². The maximum Gasteiger partial charge on any atom is 0.251 e. The van der Waals surface area contributed by atoms with Crippen molar-refractivity contribution in [3.63, 3.8) is 0 Å². The molecule has 1 N–H and O–H groups in total. The molecular formula is C22H32N4O4S. The zero-order chi connectivity index (χ0) is 22.0. The van der Waals surface area contributed by atoms with Crippen molar-refractivity contribution in [1.82, 2.24) is 15.1 Å². The summed E-state index contributed by atoms with van der Waals surface area (Å²) in [5.74, 6) is 0.100. The van der Waals surface area contributed by atoms with E-state index in [1.807, 2.05) is 11.0 Å². The lowest BCUT2D eigenvalue weighted by molar-refractivity contribution is -0.131. The molecule has 0 aromatic heterocycles. The van der Waals surface area contributed by atoms with Crippen LogP contribution in [0.3, 0.4) is 0 Å². The predicted octanol–water partition coefficient (Wildman–Crippen LogP) is 1.22. The van der Waals surface area contributed by atoms with Crippen LogP contribution in [-0.2, 0) is 21.2 Å². The van der Waals surface area contributed by atoms with Gasteiger partial charge in [0.1, 0.15) is 0 Å². The van der Waals surface area contributed by atoms with Crippen LogP contribution < -0.4 is 9.62 Å². The fraction of sp³-hybridized carbons (Fsp3) is 0.636. The van der Waals surface area contributed by atoms with Crippen LogP contribution in [-0.4, -0.2) is 81.6 Å². The zero-order valence-electron chi connectivity index (χ0n) is 18.2. The lowest BCUT2D eigenvalue weighted by Crippen LogP contribution is -2.47. The van der Waals surface area contributed by atoms with Crippen LogP contribution in [0.25, 0.3) is 0 Å². The molecule has 3 aliphatic heterocycles. The number of fused-ring (bicyclic) bond motifs is 1.